The molecule has 7 heteroatoms. The summed E-state index contributed by atoms with van der Waals surface area (Å²) >= 11 is 0. The molecule has 0 aromatic heterocycles. The van der Waals surface area contributed by atoms with Crippen LogP contribution in [0, 0.1) is 5.92 Å². The highest BCUT2D eigenvalue weighted by Crippen LogP contribution is 2.28. The Morgan fingerprint density at radius 2 is 2.04 bits per heavy atom. The van der Waals surface area contributed by atoms with E-state index in [1.165, 1.54) is 12.8 Å². The van der Waals surface area contributed by atoms with Crippen LogP contribution in [-0.4, -0.2) is 53.5 Å². The number of ether oxygens (including phenoxy) is 1. The maximum atomic E-state index is 12.0. The summed E-state index contributed by atoms with van der Waals surface area (Å²) in [6.45, 7) is 7.23. The van der Waals surface area contributed by atoms with Crippen molar-refractivity contribution >= 4 is 40.7 Å². The molecule has 0 aromatic rings. The Labute approximate surface area is 166 Å². The molecular formula is C17H34IN3O2S. The van der Waals surface area contributed by atoms with Gasteiger partial charge >= 0.3 is 0 Å². The maximum Gasteiger partial charge on any atom is 0.191 e. The Balaban J connectivity index is 0.00000288. The first-order chi connectivity index (χ1) is 11.2. The van der Waals surface area contributed by atoms with Gasteiger partial charge in [-0.25, -0.2) is 0 Å². The Bertz CT molecular complexity index is 405. The quantitative estimate of drug-likeness (QED) is 0.235. The van der Waals surface area contributed by atoms with Crippen molar-refractivity contribution in [3.8, 4) is 0 Å². The molecule has 0 saturated heterocycles. The number of hydrogen-bond acceptors (Lipinski definition) is 3. The molecule has 3 unspecified atom stereocenters. The van der Waals surface area contributed by atoms with Crippen LogP contribution in [0.25, 0.3) is 0 Å². The lowest BCUT2D eigenvalue weighted by atomic mass is 9.95. The maximum absolute atomic E-state index is 12.0. The molecule has 0 aliphatic heterocycles. The van der Waals surface area contributed by atoms with Crippen LogP contribution < -0.4 is 10.6 Å². The second-order valence-corrected chi connectivity index (χ2v) is 8.58. The first-order valence-corrected chi connectivity index (χ1v) is 10.6. The topological polar surface area (TPSA) is 62.7 Å². The van der Waals surface area contributed by atoms with Gasteiger partial charge in [-0.2, -0.15) is 0 Å². The van der Waals surface area contributed by atoms with Crippen molar-refractivity contribution in [2.75, 3.05) is 32.1 Å². The molecule has 2 fully saturated rings. The van der Waals surface area contributed by atoms with Crippen LogP contribution in [0.1, 0.15) is 52.4 Å². The Kier molecular flexibility index (Phi) is 11.5. The van der Waals surface area contributed by atoms with E-state index in [0.717, 1.165) is 56.5 Å². The lowest BCUT2D eigenvalue weighted by molar-refractivity contribution is 0.131. The van der Waals surface area contributed by atoms with Crippen molar-refractivity contribution in [3.63, 3.8) is 0 Å². The van der Waals surface area contributed by atoms with E-state index < -0.39 is 10.8 Å². The summed E-state index contributed by atoms with van der Waals surface area (Å²) in [7, 11) is -0.680. The number of nitrogens with one attached hydrogen (secondary N) is 2. The minimum atomic E-state index is -0.680. The van der Waals surface area contributed by atoms with Crippen LogP contribution in [0.15, 0.2) is 4.99 Å². The Hall–Kier alpha value is 0.110. The van der Waals surface area contributed by atoms with Crippen LogP contribution in [0.5, 0.6) is 0 Å². The summed E-state index contributed by atoms with van der Waals surface area (Å²) in [4.78, 5) is 4.61. The average molecular weight is 471 g/mol. The van der Waals surface area contributed by atoms with E-state index in [1.807, 2.05) is 6.92 Å². The fraction of sp³-hybridized carbons (Fsp3) is 0.941. The molecule has 2 rings (SSSR count). The van der Waals surface area contributed by atoms with Gasteiger partial charge in [0.25, 0.3) is 0 Å². The predicted octanol–water partition coefficient (Wildman–Crippen LogP) is 2.67. The zero-order valence-electron chi connectivity index (χ0n) is 15.1. The Morgan fingerprint density at radius 3 is 2.71 bits per heavy atom. The van der Waals surface area contributed by atoms with E-state index in [4.69, 9.17) is 4.74 Å². The number of halogens is 1. The van der Waals surface area contributed by atoms with Crippen molar-refractivity contribution in [3.05, 3.63) is 0 Å². The standard InChI is InChI=1S/C17H33N3O2S.HI/c1-3-18-17(19-10-11-22-13-14-8-9-14)20-15-6-5-7-16(12-15)23(21)4-2;/h14-16H,3-13H2,1-2H3,(H2,18,19,20);1H. The third-order valence-corrected chi connectivity index (χ3v) is 6.26. The highest BCUT2D eigenvalue weighted by Gasteiger charge is 2.26. The van der Waals surface area contributed by atoms with E-state index >= 15 is 0 Å². The van der Waals surface area contributed by atoms with Gasteiger partial charge < -0.3 is 15.4 Å². The highest BCUT2D eigenvalue weighted by atomic mass is 127. The molecule has 5 nitrogen and oxygen atoms in total. The molecule has 0 heterocycles. The smallest absolute Gasteiger partial charge is 0.191 e. The summed E-state index contributed by atoms with van der Waals surface area (Å²) in [6, 6.07) is 0.384. The van der Waals surface area contributed by atoms with Crippen molar-refractivity contribution in [2.24, 2.45) is 10.9 Å². The summed E-state index contributed by atoms with van der Waals surface area (Å²) in [6.07, 6.45) is 7.03. The molecule has 2 saturated carbocycles. The van der Waals surface area contributed by atoms with E-state index in [1.54, 1.807) is 0 Å². The second kappa shape index (κ2) is 12.5. The van der Waals surface area contributed by atoms with Gasteiger partial charge in [-0.3, -0.25) is 9.20 Å². The molecule has 2 N–H and O–H groups in total. The van der Waals surface area contributed by atoms with Crippen LogP contribution in [0.3, 0.4) is 0 Å². The lowest BCUT2D eigenvalue weighted by Gasteiger charge is -2.30. The fourth-order valence-electron chi connectivity index (χ4n) is 3.02. The third-order valence-electron chi connectivity index (χ3n) is 4.52. The average Bonchev–Trinajstić information content (AvgIpc) is 3.38. The molecule has 0 radical (unpaired) electrons. The largest absolute Gasteiger partial charge is 0.379 e. The lowest BCUT2D eigenvalue weighted by Crippen LogP contribution is -2.46. The predicted molar refractivity (Wildman–Crippen MR) is 113 cm³/mol. The third kappa shape index (κ3) is 8.47. The monoisotopic (exact) mass is 471 g/mol. The molecule has 0 spiro atoms. The number of aliphatic imine (C=N–C) groups is 1. The van der Waals surface area contributed by atoms with Crippen molar-refractivity contribution in [1.82, 2.24) is 10.6 Å². The van der Waals surface area contributed by atoms with E-state index in [2.05, 4.69) is 22.5 Å². The minimum Gasteiger partial charge on any atom is -0.379 e. The van der Waals surface area contributed by atoms with Gasteiger partial charge in [-0.15, -0.1) is 24.0 Å². The number of rotatable bonds is 9. The summed E-state index contributed by atoms with van der Waals surface area (Å²) < 4.78 is 17.7. The molecule has 0 aromatic carbocycles. The normalized spacial score (nSPS) is 25.7. The molecule has 0 bridgehead atoms. The molecule has 2 aliphatic carbocycles. The van der Waals surface area contributed by atoms with E-state index in [9.17, 15) is 4.21 Å². The molecule has 2 aliphatic rings. The van der Waals surface area contributed by atoms with Gasteiger partial charge in [0.1, 0.15) is 0 Å². The number of nitrogens with zero attached hydrogens (tertiary/aromatic N) is 1. The minimum absolute atomic E-state index is 0. The molecule has 142 valence electrons. The van der Waals surface area contributed by atoms with Gasteiger partial charge in [0.05, 0.1) is 13.2 Å². The van der Waals surface area contributed by atoms with E-state index in [-0.39, 0.29) is 24.0 Å². The van der Waals surface area contributed by atoms with Gasteiger partial charge in [-0.1, -0.05) is 13.3 Å². The van der Waals surface area contributed by atoms with Crippen molar-refractivity contribution in [1.29, 1.82) is 0 Å². The molecule has 3 atom stereocenters. The number of guanidine groups is 1. The van der Waals surface area contributed by atoms with Crippen LogP contribution in [0.4, 0.5) is 0 Å². The molecular weight excluding hydrogens is 437 g/mol. The van der Waals surface area contributed by atoms with Crippen LogP contribution in [0.2, 0.25) is 0 Å². The molecule has 24 heavy (non-hydrogen) atoms. The van der Waals surface area contributed by atoms with Gasteiger partial charge in [0.2, 0.25) is 0 Å². The summed E-state index contributed by atoms with van der Waals surface area (Å²) in [5, 5.41) is 7.18. The SMILES string of the molecule is CCNC(=NCCOCC1CC1)NC1CCCC(S(=O)CC)C1.I. The molecule has 0 amide bonds. The van der Waals surface area contributed by atoms with Crippen molar-refractivity contribution in [2.45, 2.75) is 63.7 Å². The first kappa shape index (κ1) is 22.2. The van der Waals surface area contributed by atoms with Gasteiger partial charge in [0.15, 0.2) is 5.96 Å². The van der Waals surface area contributed by atoms with Gasteiger partial charge in [-0.05, 0) is 44.9 Å². The van der Waals surface area contributed by atoms with Crippen molar-refractivity contribution < 1.29 is 8.95 Å². The summed E-state index contributed by atoms with van der Waals surface area (Å²) in [5.74, 6) is 2.45. The first-order valence-electron chi connectivity index (χ1n) is 9.22. The zero-order valence-corrected chi connectivity index (χ0v) is 18.2. The Morgan fingerprint density at radius 1 is 1.25 bits per heavy atom. The fourth-order valence-corrected chi connectivity index (χ4v) is 4.37. The van der Waals surface area contributed by atoms with Gasteiger partial charge in [0, 0.05) is 41.0 Å². The van der Waals surface area contributed by atoms with E-state index in [0.29, 0.717) is 24.4 Å². The zero-order chi connectivity index (χ0) is 16.5. The highest BCUT2D eigenvalue weighted by molar-refractivity contribution is 14.0. The summed E-state index contributed by atoms with van der Waals surface area (Å²) in [5.41, 5.74) is 0. The van der Waals surface area contributed by atoms with Crippen LogP contribution >= 0.6 is 24.0 Å². The van der Waals surface area contributed by atoms with Crippen LogP contribution in [-0.2, 0) is 15.5 Å². The second-order valence-electron chi connectivity index (χ2n) is 6.58. The number of hydrogen-bond donors (Lipinski definition) is 2.